The van der Waals surface area contributed by atoms with Gasteiger partial charge < -0.3 is 14.6 Å². The molecule has 4 amide bonds. The van der Waals surface area contributed by atoms with Crippen molar-refractivity contribution in [3.05, 3.63) is 59.3 Å². The van der Waals surface area contributed by atoms with E-state index >= 15 is 0 Å². The first kappa shape index (κ1) is 19.4. The Morgan fingerprint density at radius 1 is 1.04 bits per heavy atom. The van der Waals surface area contributed by atoms with Gasteiger partial charge in [-0.25, -0.2) is 14.6 Å². The monoisotopic (exact) mass is 388 g/mol. The van der Waals surface area contributed by atoms with Gasteiger partial charge in [-0.05, 0) is 50.1 Å². The van der Waals surface area contributed by atoms with Crippen LogP contribution in [0.15, 0.2) is 41.0 Å². The average Bonchev–Trinajstić information content (AvgIpc) is 3.13. The fourth-order valence-corrected chi connectivity index (χ4v) is 2.97. The summed E-state index contributed by atoms with van der Waals surface area (Å²) < 4.78 is 18.0. The van der Waals surface area contributed by atoms with E-state index in [2.05, 4.69) is 16.2 Å². The van der Waals surface area contributed by atoms with Crippen LogP contribution in [0.3, 0.4) is 0 Å². The molecule has 1 aromatic carbocycles. The molecule has 3 N–H and O–H groups in total. The number of likely N-dealkylation sites (tertiary alicyclic amines) is 1. The van der Waals surface area contributed by atoms with Crippen LogP contribution >= 0.6 is 0 Å². The quantitative estimate of drug-likeness (QED) is 0.700. The molecule has 1 aromatic heterocycles. The Hall–Kier alpha value is -3.36. The fraction of sp³-hybridized carbons (Fsp3) is 0.316. The van der Waals surface area contributed by atoms with Crippen molar-refractivity contribution in [1.82, 2.24) is 21.1 Å². The Bertz CT molecular complexity index is 857. The Labute approximate surface area is 161 Å². The number of benzene rings is 1. The van der Waals surface area contributed by atoms with Gasteiger partial charge in [-0.2, -0.15) is 0 Å². The van der Waals surface area contributed by atoms with E-state index in [-0.39, 0.29) is 11.9 Å². The van der Waals surface area contributed by atoms with Gasteiger partial charge in [-0.15, -0.1) is 0 Å². The minimum Gasteiger partial charge on any atom is -0.469 e. The Balaban J connectivity index is 1.42. The number of carbonyl (C=O) groups is 3. The Morgan fingerprint density at radius 2 is 1.71 bits per heavy atom. The minimum absolute atomic E-state index is 0.0789. The summed E-state index contributed by atoms with van der Waals surface area (Å²) in [5, 5.41) is 2.89. The molecule has 0 radical (unpaired) electrons. The number of aryl methyl sites for hydroxylation is 1. The SMILES string of the molecule is Cc1occc1C(=O)NNC(=O)N1CCC(NC(=O)c2ccc(F)cc2)CC1. The minimum atomic E-state index is -0.457. The number of hydrogen-bond acceptors (Lipinski definition) is 4. The van der Waals surface area contributed by atoms with Gasteiger partial charge in [0.05, 0.1) is 11.8 Å². The zero-order valence-corrected chi connectivity index (χ0v) is 15.3. The molecular weight excluding hydrogens is 367 g/mol. The van der Waals surface area contributed by atoms with Crippen molar-refractivity contribution < 1.29 is 23.2 Å². The number of furan rings is 1. The van der Waals surface area contributed by atoms with Gasteiger partial charge in [0.15, 0.2) is 0 Å². The van der Waals surface area contributed by atoms with E-state index in [1.807, 2.05) is 0 Å². The molecule has 2 aromatic rings. The number of amides is 4. The van der Waals surface area contributed by atoms with E-state index in [9.17, 15) is 18.8 Å². The molecule has 0 spiro atoms. The molecule has 3 rings (SSSR count). The number of carbonyl (C=O) groups excluding carboxylic acids is 3. The summed E-state index contributed by atoms with van der Waals surface area (Å²) in [6.07, 6.45) is 2.56. The summed E-state index contributed by atoms with van der Waals surface area (Å²) in [5.74, 6) is -0.665. The topological polar surface area (TPSA) is 104 Å². The molecule has 9 heteroatoms. The molecule has 148 valence electrons. The van der Waals surface area contributed by atoms with Gasteiger partial charge in [0.2, 0.25) is 0 Å². The molecular formula is C19H21FN4O4. The van der Waals surface area contributed by atoms with Gasteiger partial charge in [0.25, 0.3) is 11.8 Å². The largest absolute Gasteiger partial charge is 0.469 e. The molecule has 0 saturated carbocycles. The van der Waals surface area contributed by atoms with Crippen LogP contribution in [0.5, 0.6) is 0 Å². The van der Waals surface area contributed by atoms with Gasteiger partial charge in [-0.1, -0.05) is 0 Å². The second-order valence-corrected chi connectivity index (χ2v) is 6.52. The van der Waals surface area contributed by atoms with E-state index in [1.165, 1.54) is 36.6 Å². The number of nitrogens with one attached hydrogen (secondary N) is 3. The summed E-state index contributed by atoms with van der Waals surface area (Å²) in [6.45, 7) is 2.52. The highest BCUT2D eigenvalue weighted by molar-refractivity contribution is 5.96. The van der Waals surface area contributed by atoms with Gasteiger partial charge in [0, 0.05) is 24.7 Å². The molecule has 0 atom stereocenters. The van der Waals surface area contributed by atoms with Crippen LogP contribution in [-0.4, -0.2) is 41.9 Å². The summed E-state index contributed by atoms with van der Waals surface area (Å²) in [4.78, 5) is 37.9. The van der Waals surface area contributed by atoms with Crippen molar-refractivity contribution >= 4 is 17.8 Å². The van der Waals surface area contributed by atoms with E-state index < -0.39 is 17.8 Å². The van der Waals surface area contributed by atoms with Crippen LogP contribution in [0.4, 0.5) is 9.18 Å². The third kappa shape index (κ3) is 4.67. The second kappa shape index (κ2) is 8.55. The van der Waals surface area contributed by atoms with Crippen molar-refractivity contribution in [2.24, 2.45) is 0 Å². The Morgan fingerprint density at radius 3 is 2.32 bits per heavy atom. The molecule has 0 bridgehead atoms. The van der Waals surface area contributed by atoms with Crippen molar-refractivity contribution in [2.45, 2.75) is 25.8 Å². The van der Waals surface area contributed by atoms with Gasteiger partial charge >= 0.3 is 6.03 Å². The van der Waals surface area contributed by atoms with Gasteiger partial charge in [-0.3, -0.25) is 15.0 Å². The molecule has 0 aliphatic carbocycles. The van der Waals surface area contributed by atoms with Crippen molar-refractivity contribution in [3.8, 4) is 0 Å². The van der Waals surface area contributed by atoms with Crippen LogP contribution < -0.4 is 16.2 Å². The second-order valence-electron chi connectivity index (χ2n) is 6.52. The number of nitrogens with zero attached hydrogens (tertiary/aromatic N) is 1. The lowest BCUT2D eigenvalue weighted by Gasteiger charge is -2.32. The van der Waals surface area contributed by atoms with Crippen molar-refractivity contribution in [2.75, 3.05) is 13.1 Å². The molecule has 0 unspecified atom stereocenters. The zero-order chi connectivity index (χ0) is 20.1. The molecule has 1 saturated heterocycles. The Kier molecular flexibility index (Phi) is 5.93. The molecule has 1 aliphatic rings. The van der Waals surface area contributed by atoms with E-state index in [4.69, 9.17) is 4.42 Å². The zero-order valence-electron chi connectivity index (χ0n) is 15.3. The van der Waals surface area contributed by atoms with Crippen LogP contribution in [-0.2, 0) is 0 Å². The lowest BCUT2D eigenvalue weighted by Crippen LogP contribution is -2.53. The van der Waals surface area contributed by atoms with E-state index in [0.717, 1.165) is 0 Å². The summed E-state index contributed by atoms with van der Waals surface area (Å²) in [5.41, 5.74) is 5.47. The van der Waals surface area contributed by atoms with Crippen LogP contribution in [0, 0.1) is 12.7 Å². The van der Waals surface area contributed by atoms with E-state index in [1.54, 1.807) is 11.8 Å². The average molecular weight is 388 g/mol. The number of halogens is 1. The smallest absolute Gasteiger partial charge is 0.336 e. The highest BCUT2D eigenvalue weighted by Gasteiger charge is 2.24. The van der Waals surface area contributed by atoms with Crippen LogP contribution in [0.1, 0.15) is 39.3 Å². The molecule has 2 heterocycles. The van der Waals surface area contributed by atoms with Crippen LogP contribution in [0.25, 0.3) is 0 Å². The third-order valence-electron chi connectivity index (χ3n) is 4.61. The van der Waals surface area contributed by atoms with Gasteiger partial charge in [0.1, 0.15) is 11.6 Å². The molecule has 28 heavy (non-hydrogen) atoms. The fourth-order valence-electron chi connectivity index (χ4n) is 2.97. The molecule has 1 aliphatic heterocycles. The summed E-state index contributed by atoms with van der Waals surface area (Å²) in [7, 11) is 0. The highest BCUT2D eigenvalue weighted by atomic mass is 19.1. The normalized spacial score (nSPS) is 14.4. The lowest BCUT2D eigenvalue weighted by atomic mass is 10.0. The number of hydrogen-bond donors (Lipinski definition) is 3. The standard InChI is InChI=1S/C19H21FN4O4/c1-12-16(8-11-28-12)18(26)22-23-19(27)24-9-6-15(7-10-24)21-17(25)13-2-4-14(20)5-3-13/h2-5,8,11,15H,6-7,9-10H2,1H3,(H,21,25)(H,22,26)(H,23,27). The summed E-state index contributed by atoms with van der Waals surface area (Å²) >= 11 is 0. The maximum Gasteiger partial charge on any atom is 0.336 e. The number of rotatable bonds is 3. The predicted octanol–water partition coefficient (Wildman–Crippen LogP) is 1.98. The summed E-state index contributed by atoms with van der Waals surface area (Å²) in [6, 6.07) is 6.35. The molecule has 1 fully saturated rings. The maximum absolute atomic E-state index is 12.9. The number of urea groups is 1. The first-order valence-electron chi connectivity index (χ1n) is 8.90. The van der Waals surface area contributed by atoms with Crippen molar-refractivity contribution in [1.29, 1.82) is 0 Å². The molecule has 8 nitrogen and oxygen atoms in total. The lowest BCUT2D eigenvalue weighted by molar-refractivity contribution is 0.0899. The van der Waals surface area contributed by atoms with Crippen molar-refractivity contribution in [3.63, 3.8) is 0 Å². The predicted molar refractivity (Wildman–Crippen MR) is 97.9 cm³/mol. The van der Waals surface area contributed by atoms with Crippen LogP contribution in [0.2, 0.25) is 0 Å². The maximum atomic E-state index is 12.9. The first-order chi connectivity index (χ1) is 13.4. The van der Waals surface area contributed by atoms with E-state index in [0.29, 0.717) is 42.8 Å². The highest BCUT2D eigenvalue weighted by Crippen LogP contribution is 2.12. The first-order valence-corrected chi connectivity index (χ1v) is 8.90. The number of hydrazine groups is 1. The number of piperidine rings is 1. The third-order valence-corrected chi connectivity index (χ3v) is 4.61.